The summed E-state index contributed by atoms with van der Waals surface area (Å²) in [4.78, 5) is 13.4. The Kier molecular flexibility index (Phi) is 4.81. The zero-order valence-corrected chi connectivity index (χ0v) is 13.3. The number of aromatic nitrogens is 2. The molecule has 112 valence electrons. The quantitative estimate of drug-likeness (QED) is 0.912. The van der Waals surface area contributed by atoms with Crippen molar-refractivity contribution in [2.24, 2.45) is 5.92 Å². The van der Waals surface area contributed by atoms with Gasteiger partial charge in [-0.05, 0) is 52.7 Å². The molecule has 0 amide bonds. The summed E-state index contributed by atoms with van der Waals surface area (Å²) in [7, 11) is 6.14. The monoisotopic (exact) mass is 277 g/mol. The second kappa shape index (κ2) is 6.39. The van der Waals surface area contributed by atoms with Crippen LogP contribution in [0, 0.1) is 12.8 Å². The molecular weight excluding hydrogens is 250 g/mol. The summed E-state index contributed by atoms with van der Waals surface area (Å²) in [5.74, 6) is 2.43. The molecule has 1 aliphatic rings. The molecule has 1 atom stereocenters. The van der Waals surface area contributed by atoms with Gasteiger partial charge >= 0.3 is 0 Å². The highest BCUT2D eigenvalue weighted by Crippen LogP contribution is 2.22. The van der Waals surface area contributed by atoms with Gasteiger partial charge in [-0.15, -0.1) is 0 Å². The molecule has 1 fully saturated rings. The number of rotatable bonds is 4. The fourth-order valence-corrected chi connectivity index (χ4v) is 2.71. The van der Waals surface area contributed by atoms with Crippen LogP contribution in [-0.2, 0) is 0 Å². The molecule has 1 N–H and O–H groups in total. The number of piperidine rings is 1. The smallest absolute Gasteiger partial charge is 0.226 e. The first-order valence-corrected chi connectivity index (χ1v) is 7.44. The van der Waals surface area contributed by atoms with E-state index >= 15 is 0 Å². The van der Waals surface area contributed by atoms with E-state index in [-0.39, 0.29) is 0 Å². The number of likely N-dealkylation sites (tertiary alicyclic amines) is 1. The van der Waals surface area contributed by atoms with Crippen LogP contribution in [0.2, 0.25) is 0 Å². The standard InChI is InChI=1S/C15H27N5/c1-11-10-14(18-15(16-11)19(3)4)17-12(2)13-6-8-20(5)9-7-13/h10,12-13H,6-9H2,1-5H3,(H,16,17,18)/t12-/m0/s1. The number of nitrogens with zero attached hydrogens (tertiary/aromatic N) is 4. The molecule has 1 aromatic heterocycles. The lowest BCUT2D eigenvalue weighted by molar-refractivity contribution is 0.208. The van der Waals surface area contributed by atoms with Gasteiger partial charge in [0.1, 0.15) is 5.82 Å². The van der Waals surface area contributed by atoms with Gasteiger partial charge in [-0.2, -0.15) is 4.98 Å². The third kappa shape index (κ3) is 3.82. The predicted octanol–water partition coefficient (Wildman–Crippen LogP) is 1.99. The van der Waals surface area contributed by atoms with Crippen molar-refractivity contribution in [3.8, 4) is 0 Å². The Bertz CT molecular complexity index is 438. The highest BCUT2D eigenvalue weighted by molar-refractivity contribution is 5.43. The lowest BCUT2D eigenvalue weighted by Gasteiger charge is -2.33. The van der Waals surface area contributed by atoms with Crippen LogP contribution in [0.25, 0.3) is 0 Å². The Hall–Kier alpha value is -1.36. The van der Waals surface area contributed by atoms with E-state index in [2.05, 4.69) is 34.2 Å². The van der Waals surface area contributed by atoms with Crippen molar-refractivity contribution in [1.82, 2.24) is 14.9 Å². The van der Waals surface area contributed by atoms with Gasteiger partial charge in [-0.3, -0.25) is 0 Å². The van der Waals surface area contributed by atoms with Crippen LogP contribution in [0.1, 0.15) is 25.5 Å². The van der Waals surface area contributed by atoms with Gasteiger partial charge in [0.2, 0.25) is 5.95 Å². The molecule has 0 aromatic carbocycles. The SMILES string of the molecule is Cc1cc(N[C@@H](C)C2CCN(C)CC2)nc(N(C)C)n1. The van der Waals surface area contributed by atoms with E-state index in [0.29, 0.717) is 6.04 Å². The minimum absolute atomic E-state index is 0.452. The number of aryl methyl sites for hydroxylation is 1. The molecule has 0 radical (unpaired) electrons. The van der Waals surface area contributed by atoms with E-state index in [9.17, 15) is 0 Å². The molecule has 0 spiro atoms. The van der Waals surface area contributed by atoms with Crippen molar-refractivity contribution < 1.29 is 0 Å². The van der Waals surface area contributed by atoms with Crippen molar-refractivity contribution in [1.29, 1.82) is 0 Å². The van der Waals surface area contributed by atoms with Crippen LogP contribution in [0.4, 0.5) is 11.8 Å². The zero-order chi connectivity index (χ0) is 14.7. The summed E-state index contributed by atoms with van der Waals surface area (Å²) in [5.41, 5.74) is 1.00. The summed E-state index contributed by atoms with van der Waals surface area (Å²) in [6.07, 6.45) is 2.52. The molecule has 5 nitrogen and oxygen atoms in total. The minimum atomic E-state index is 0.452. The number of hydrogen-bond acceptors (Lipinski definition) is 5. The molecule has 0 unspecified atom stereocenters. The number of anilines is 2. The maximum Gasteiger partial charge on any atom is 0.226 e. The second-order valence-corrected chi connectivity index (χ2v) is 6.16. The normalized spacial score (nSPS) is 18.9. The molecule has 1 aliphatic heterocycles. The van der Waals surface area contributed by atoms with Gasteiger partial charge in [-0.25, -0.2) is 4.98 Å². The predicted molar refractivity (Wildman–Crippen MR) is 84.4 cm³/mol. The lowest BCUT2D eigenvalue weighted by atomic mass is 9.90. The number of hydrogen-bond donors (Lipinski definition) is 1. The van der Waals surface area contributed by atoms with Gasteiger partial charge in [0.15, 0.2) is 0 Å². The molecule has 2 heterocycles. The Labute approximate surface area is 122 Å². The van der Waals surface area contributed by atoms with Crippen LogP contribution in [0.15, 0.2) is 6.07 Å². The first kappa shape index (κ1) is 15.0. The highest BCUT2D eigenvalue weighted by Gasteiger charge is 2.22. The minimum Gasteiger partial charge on any atom is -0.367 e. The van der Waals surface area contributed by atoms with E-state index < -0.39 is 0 Å². The molecule has 0 aliphatic carbocycles. The molecule has 0 saturated carbocycles. The van der Waals surface area contributed by atoms with Crippen LogP contribution in [-0.4, -0.2) is 55.1 Å². The Morgan fingerprint density at radius 2 is 1.95 bits per heavy atom. The summed E-state index contributed by atoms with van der Waals surface area (Å²) >= 11 is 0. The topological polar surface area (TPSA) is 44.3 Å². The van der Waals surface area contributed by atoms with Crippen LogP contribution >= 0.6 is 0 Å². The van der Waals surface area contributed by atoms with Gasteiger partial charge in [0, 0.05) is 31.9 Å². The summed E-state index contributed by atoms with van der Waals surface area (Å²) < 4.78 is 0. The van der Waals surface area contributed by atoms with Crippen molar-refractivity contribution in [2.45, 2.75) is 32.7 Å². The molecule has 20 heavy (non-hydrogen) atoms. The fourth-order valence-electron chi connectivity index (χ4n) is 2.71. The first-order chi connectivity index (χ1) is 9.45. The summed E-state index contributed by atoms with van der Waals surface area (Å²) in [6.45, 7) is 6.67. The number of nitrogens with one attached hydrogen (secondary N) is 1. The van der Waals surface area contributed by atoms with E-state index in [1.165, 1.54) is 25.9 Å². The summed E-state index contributed by atoms with van der Waals surface area (Å²) in [6, 6.07) is 2.48. The van der Waals surface area contributed by atoms with Crippen molar-refractivity contribution in [3.05, 3.63) is 11.8 Å². The molecular formula is C15H27N5. The second-order valence-electron chi connectivity index (χ2n) is 6.16. The van der Waals surface area contributed by atoms with E-state index in [1.54, 1.807) is 0 Å². The lowest BCUT2D eigenvalue weighted by Crippen LogP contribution is -2.37. The third-order valence-corrected chi connectivity index (χ3v) is 4.09. The van der Waals surface area contributed by atoms with Crippen molar-refractivity contribution >= 4 is 11.8 Å². The zero-order valence-electron chi connectivity index (χ0n) is 13.3. The van der Waals surface area contributed by atoms with Crippen LogP contribution < -0.4 is 10.2 Å². The van der Waals surface area contributed by atoms with E-state index in [1.807, 2.05) is 32.0 Å². The summed E-state index contributed by atoms with van der Waals surface area (Å²) in [5, 5.41) is 3.57. The van der Waals surface area contributed by atoms with E-state index in [0.717, 1.165) is 23.4 Å². The van der Waals surface area contributed by atoms with Crippen molar-refractivity contribution in [2.75, 3.05) is 44.4 Å². The Balaban J connectivity index is 2.02. The third-order valence-electron chi connectivity index (χ3n) is 4.09. The average Bonchev–Trinajstić information content (AvgIpc) is 2.38. The van der Waals surface area contributed by atoms with E-state index in [4.69, 9.17) is 0 Å². The largest absolute Gasteiger partial charge is 0.367 e. The molecule has 1 aromatic rings. The average molecular weight is 277 g/mol. The van der Waals surface area contributed by atoms with Gasteiger partial charge < -0.3 is 15.1 Å². The molecule has 0 bridgehead atoms. The van der Waals surface area contributed by atoms with Crippen molar-refractivity contribution in [3.63, 3.8) is 0 Å². The fraction of sp³-hybridized carbons (Fsp3) is 0.733. The van der Waals surface area contributed by atoms with Crippen LogP contribution in [0.5, 0.6) is 0 Å². The Morgan fingerprint density at radius 3 is 2.55 bits per heavy atom. The van der Waals surface area contributed by atoms with Crippen LogP contribution in [0.3, 0.4) is 0 Å². The maximum absolute atomic E-state index is 4.58. The molecule has 5 heteroatoms. The maximum atomic E-state index is 4.58. The van der Waals surface area contributed by atoms with Gasteiger partial charge in [0.05, 0.1) is 0 Å². The molecule has 2 rings (SSSR count). The molecule has 1 saturated heterocycles. The Morgan fingerprint density at radius 1 is 1.30 bits per heavy atom. The van der Waals surface area contributed by atoms with Gasteiger partial charge in [-0.1, -0.05) is 0 Å². The van der Waals surface area contributed by atoms with Gasteiger partial charge in [0.25, 0.3) is 0 Å². The highest BCUT2D eigenvalue weighted by atomic mass is 15.2. The first-order valence-electron chi connectivity index (χ1n) is 7.44.